The summed E-state index contributed by atoms with van der Waals surface area (Å²) in [5.74, 6) is 2.07. The Morgan fingerprint density at radius 2 is 1.81 bits per heavy atom. The maximum absolute atomic E-state index is 6.03. The highest BCUT2D eigenvalue weighted by atomic mass is 32.1. The molecule has 0 radical (unpaired) electrons. The summed E-state index contributed by atoms with van der Waals surface area (Å²) in [5, 5.41) is 7.12. The number of pyridine rings is 1. The van der Waals surface area contributed by atoms with Gasteiger partial charge < -0.3 is 10.1 Å². The monoisotopic (exact) mass is 439 g/mol. The Labute approximate surface area is 190 Å². The van der Waals surface area contributed by atoms with Crippen LogP contribution in [0.4, 0.5) is 5.82 Å². The molecule has 3 heterocycles. The van der Waals surface area contributed by atoms with Crippen LogP contribution in [0.1, 0.15) is 6.92 Å². The molecule has 0 unspecified atom stereocenters. The van der Waals surface area contributed by atoms with Crippen molar-refractivity contribution in [2.24, 2.45) is 0 Å². The van der Waals surface area contributed by atoms with E-state index in [4.69, 9.17) is 14.7 Å². The molecule has 0 aliphatic rings. The summed E-state index contributed by atoms with van der Waals surface area (Å²) >= 11 is 1.63. The summed E-state index contributed by atoms with van der Waals surface area (Å²) in [7, 11) is 1.87. The van der Waals surface area contributed by atoms with Crippen LogP contribution in [0, 0.1) is 0 Å². The third kappa shape index (κ3) is 3.78. The van der Waals surface area contributed by atoms with Crippen LogP contribution in [-0.2, 0) is 0 Å². The van der Waals surface area contributed by atoms with Crippen molar-refractivity contribution in [3.8, 4) is 38.8 Å². The zero-order valence-electron chi connectivity index (χ0n) is 17.7. The van der Waals surface area contributed by atoms with E-state index >= 15 is 0 Å². The van der Waals surface area contributed by atoms with Crippen molar-refractivity contribution in [1.82, 2.24) is 19.9 Å². The second-order valence-electron chi connectivity index (χ2n) is 7.11. The average Bonchev–Trinajstić information content (AvgIpc) is 3.39. The molecule has 0 aliphatic heterocycles. The highest BCUT2D eigenvalue weighted by Crippen LogP contribution is 2.37. The maximum atomic E-state index is 6.03. The lowest BCUT2D eigenvalue weighted by molar-refractivity contribution is 0.344. The minimum Gasteiger partial charge on any atom is -0.492 e. The van der Waals surface area contributed by atoms with Crippen molar-refractivity contribution in [2.75, 3.05) is 19.0 Å². The molecular weight excluding hydrogens is 418 g/mol. The van der Waals surface area contributed by atoms with Crippen LogP contribution >= 0.6 is 11.3 Å². The Morgan fingerprint density at radius 3 is 2.56 bits per heavy atom. The molecule has 0 fully saturated rings. The number of hydrogen-bond acceptors (Lipinski definition) is 7. The van der Waals surface area contributed by atoms with E-state index in [1.807, 2.05) is 43.7 Å². The van der Waals surface area contributed by atoms with E-state index < -0.39 is 0 Å². The van der Waals surface area contributed by atoms with Gasteiger partial charge in [-0.05, 0) is 48.4 Å². The van der Waals surface area contributed by atoms with E-state index in [2.05, 4.69) is 45.6 Å². The van der Waals surface area contributed by atoms with Gasteiger partial charge >= 0.3 is 0 Å². The highest BCUT2D eigenvalue weighted by molar-refractivity contribution is 7.13. The lowest BCUT2D eigenvalue weighted by Gasteiger charge is -2.14. The van der Waals surface area contributed by atoms with E-state index in [1.165, 1.54) is 0 Å². The van der Waals surface area contributed by atoms with Crippen molar-refractivity contribution in [1.29, 1.82) is 0 Å². The topological polar surface area (TPSA) is 72.8 Å². The predicted octanol–water partition coefficient (Wildman–Crippen LogP) is 5.92. The van der Waals surface area contributed by atoms with Crippen molar-refractivity contribution in [2.45, 2.75) is 6.92 Å². The highest BCUT2D eigenvalue weighted by Gasteiger charge is 2.16. The number of hydrogen-bond donors (Lipinski definition) is 1. The van der Waals surface area contributed by atoms with Crippen LogP contribution in [0.25, 0.3) is 44.0 Å². The number of aromatic nitrogens is 4. The van der Waals surface area contributed by atoms with E-state index in [0.717, 1.165) is 49.7 Å². The fraction of sp³-hybridized carbons (Fsp3) is 0.120. The molecule has 0 amide bonds. The molecule has 0 saturated heterocycles. The van der Waals surface area contributed by atoms with Gasteiger partial charge in [-0.1, -0.05) is 18.2 Å². The van der Waals surface area contributed by atoms with E-state index in [9.17, 15) is 0 Å². The van der Waals surface area contributed by atoms with Gasteiger partial charge in [-0.2, -0.15) is 0 Å². The summed E-state index contributed by atoms with van der Waals surface area (Å²) in [5.41, 5.74) is 4.83. The van der Waals surface area contributed by atoms with Crippen LogP contribution in [0.3, 0.4) is 0 Å². The Balaban J connectivity index is 1.70. The normalized spacial score (nSPS) is 10.9. The molecule has 0 bridgehead atoms. The van der Waals surface area contributed by atoms with Gasteiger partial charge in [0.25, 0.3) is 0 Å². The molecule has 3 aromatic heterocycles. The minimum atomic E-state index is 0.540. The summed E-state index contributed by atoms with van der Waals surface area (Å²) < 4.78 is 6.03. The van der Waals surface area contributed by atoms with Crippen molar-refractivity contribution in [3.05, 3.63) is 72.5 Å². The zero-order chi connectivity index (χ0) is 21.9. The van der Waals surface area contributed by atoms with Crippen LogP contribution < -0.4 is 10.1 Å². The molecule has 32 heavy (non-hydrogen) atoms. The molecule has 0 atom stereocenters. The maximum Gasteiger partial charge on any atom is 0.163 e. The number of rotatable bonds is 6. The number of nitrogens with zero attached hydrogens (tertiary/aromatic N) is 4. The summed E-state index contributed by atoms with van der Waals surface area (Å²) in [6.45, 7) is 2.52. The van der Waals surface area contributed by atoms with Gasteiger partial charge in [0.2, 0.25) is 0 Å². The smallest absolute Gasteiger partial charge is 0.163 e. The molecule has 2 aromatic carbocycles. The van der Waals surface area contributed by atoms with Crippen molar-refractivity contribution in [3.63, 3.8) is 0 Å². The van der Waals surface area contributed by atoms with Gasteiger partial charge in [0.05, 0.1) is 6.61 Å². The van der Waals surface area contributed by atoms with Gasteiger partial charge in [0, 0.05) is 47.5 Å². The number of nitrogens with one attached hydrogen (secondary N) is 1. The standard InChI is InChI=1S/C25H21N5OS/c1-3-31-21-14-19(16-6-4-7-17(12-16)25-28-10-11-32-25)13-20-22(21)29-23(30-24(20)26-2)18-8-5-9-27-15-18/h4-15H,3H2,1-2H3,(H,26,29,30). The Bertz CT molecular complexity index is 1370. The first kappa shape index (κ1) is 20.1. The molecule has 0 saturated carbocycles. The SMILES string of the molecule is CCOc1cc(-c2cccc(-c3nccs3)c2)cc2c(NC)nc(-c3cccnc3)nc12. The van der Waals surface area contributed by atoms with Crippen LogP contribution in [0.15, 0.2) is 72.5 Å². The molecule has 1 N–H and O–H groups in total. The minimum absolute atomic E-state index is 0.540. The van der Waals surface area contributed by atoms with Gasteiger partial charge in [0.1, 0.15) is 22.1 Å². The molecule has 0 aliphatic carbocycles. The quantitative estimate of drug-likeness (QED) is 0.354. The Kier molecular flexibility index (Phi) is 5.47. The molecular formula is C25H21N5OS. The molecule has 0 spiro atoms. The molecule has 5 rings (SSSR count). The summed E-state index contributed by atoms with van der Waals surface area (Å²) in [6, 6.07) is 16.4. The van der Waals surface area contributed by atoms with E-state index in [-0.39, 0.29) is 0 Å². The van der Waals surface area contributed by atoms with Gasteiger partial charge in [-0.25, -0.2) is 15.0 Å². The van der Waals surface area contributed by atoms with Crippen molar-refractivity contribution >= 4 is 28.1 Å². The van der Waals surface area contributed by atoms with Crippen LogP contribution in [-0.4, -0.2) is 33.6 Å². The second-order valence-corrected chi connectivity index (χ2v) is 8.00. The second kappa shape index (κ2) is 8.72. The first-order valence-electron chi connectivity index (χ1n) is 10.3. The van der Waals surface area contributed by atoms with Gasteiger partial charge in [-0.15, -0.1) is 11.3 Å². The van der Waals surface area contributed by atoms with E-state index in [1.54, 1.807) is 23.7 Å². The summed E-state index contributed by atoms with van der Waals surface area (Å²) in [6.07, 6.45) is 5.33. The number of anilines is 1. The lowest BCUT2D eigenvalue weighted by Crippen LogP contribution is -2.02. The fourth-order valence-corrected chi connectivity index (χ4v) is 4.28. The first-order chi connectivity index (χ1) is 15.8. The molecule has 6 nitrogen and oxygen atoms in total. The van der Waals surface area contributed by atoms with E-state index in [0.29, 0.717) is 12.4 Å². The molecule has 158 valence electrons. The number of fused-ring (bicyclic) bond motifs is 1. The number of ether oxygens (including phenoxy) is 1. The lowest BCUT2D eigenvalue weighted by atomic mass is 10.0. The Morgan fingerprint density at radius 1 is 0.938 bits per heavy atom. The van der Waals surface area contributed by atoms with Crippen LogP contribution in [0.5, 0.6) is 5.75 Å². The third-order valence-electron chi connectivity index (χ3n) is 5.10. The van der Waals surface area contributed by atoms with Crippen LogP contribution in [0.2, 0.25) is 0 Å². The zero-order valence-corrected chi connectivity index (χ0v) is 18.6. The number of benzene rings is 2. The fourth-order valence-electron chi connectivity index (χ4n) is 3.65. The van der Waals surface area contributed by atoms with Gasteiger partial charge in [-0.3, -0.25) is 4.98 Å². The average molecular weight is 440 g/mol. The number of thiazole rings is 1. The third-order valence-corrected chi connectivity index (χ3v) is 5.92. The summed E-state index contributed by atoms with van der Waals surface area (Å²) in [4.78, 5) is 18.2. The van der Waals surface area contributed by atoms with Crippen molar-refractivity contribution < 1.29 is 4.74 Å². The molecule has 7 heteroatoms. The molecule has 5 aromatic rings. The Hall–Kier alpha value is -3.84. The van der Waals surface area contributed by atoms with Gasteiger partial charge in [0.15, 0.2) is 5.82 Å². The predicted molar refractivity (Wildman–Crippen MR) is 130 cm³/mol. The first-order valence-corrected chi connectivity index (χ1v) is 11.2. The largest absolute Gasteiger partial charge is 0.492 e.